The second-order valence-corrected chi connectivity index (χ2v) is 6.52. The SMILES string of the molecule is O=C(c1ccco1)N1CCC(c2cc(Cc3ccccc3)[nH]n2)CC1. The quantitative estimate of drug-likeness (QED) is 0.792. The predicted molar refractivity (Wildman–Crippen MR) is 94.4 cm³/mol. The smallest absolute Gasteiger partial charge is 0.289 e. The summed E-state index contributed by atoms with van der Waals surface area (Å²) in [5.74, 6) is 0.806. The molecule has 1 aliphatic heterocycles. The Labute approximate surface area is 146 Å². The molecule has 2 aromatic heterocycles. The van der Waals surface area contributed by atoms with Crippen LogP contribution in [0.2, 0.25) is 0 Å². The second-order valence-electron chi connectivity index (χ2n) is 6.52. The topological polar surface area (TPSA) is 62.1 Å². The fourth-order valence-electron chi connectivity index (χ4n) is 3.43. The van der Waals surface area contributed by atoms with E-state index in [4.69, 9.17) is 4.42 Å². The summed E-state index contributed by atoms with van der Waals surface area (Å²) < 4.78 is 5.21. The predicted octanol–water partition coefficient (Wildman–Crippen LogP) is 3.61. The van der Waals surface area contributed by atoms with Crippen LogP contribution in [0.25, 0.3) is 0 Å². The Morgan fingerprint density at radius 3 is 2.68 bits per heavy atom. The lowest BCUT2D eigenvalue weighted by Crippen LogP contribution is -2.37. The highest BCUT2D eigenvalue weighted by molar-refractivity contribution is 5.91. The minimum atomic E-state index is -0.0183. The van der Waals surface area contributed by atoms with Gasteiger partial charge in [0.1, 0.15) is 0 Å². The first-order valence-electron chi connectivity index (χ1n) is 8.70. The molecule has 0 bridgehead atoms. The van der Waals surface area contributed by atoms with E-state index >= 15 is 0 Å². The largest absolute Gasteiger partial charge is 0.459 e. The second kappa shape index (κ2) is 6.97. The fraction of sp³-hybridized carbons (Fsp3) is 0.300. The van der Waals surface area contributed by atoms with Gasteiger partial charge in [-0.2, -0.15) is 5.10 Å². The van der Waals surface area contributed by atoms with Crippen LogP contribution in [0.5, 0.6) is 0 Å². The summed E-state index contributed by atoms with van der Waals surface area (Å²) in [4.78, 5) is 14.2. The Morgan fingerprint density at radius 2 is 1.96 bits per heavy atom. The van der Waals surface area contributed by atoms with Crippen molar-refractivity contribution < 1.29 is 9.21 Å². The number of likely N-dealkylation sites (tertiary alicyclic amines) is 1. The standard InChI is InChI=1S/C20H21N3O2/c24-20(19-7-4-12-25-19)23-10-8-16(9-11-23)18-14-17(21-22-18)13-15-5-2-1-3-6-15/h1-7,12,14,16H,8-11,13H2,(H,21,22). The van der Waals surface area contributed by atoms with Crippen molar-refractivity contribution in [2.45, 2.75) is 25.2 Å². The molecular weight excluding hydrogens is 314 g/mol. The maximum absolute atomic E-state index is 12.3. The van der Waals surface area contributed by atoms with E-state index in [-0.39, 0.29) is 5.91 Å². The van der Waals surface area contributed by atoms with Crippen LogP contribution in [0.3, 0.4) is 0 Å². The van der Waals surface area contributed by atoms with Gasteiger partial charge in [-0.15, -0.1) is 0 Å². The molecule has 1 N–H and O–H groups in total. The lowest BCUT2D eigenvalue weighted by Gasteiger charge is -2.30. The molecule has 1 aliphatic rings. The number of H-pyrrole nitrogens is 1. The van der Waals surface area contributed by atoms with Gasteiger partial charge >= 0.3 is 0 Å². The zero-order valence-electron chi connectivity index (χ0n) is 14.0. The molecule has 25 heavy (non-hydrogen) atoms. The van der Waals surface area contributed by atoms with Crippen LogP contribution in [0.4, 0.5) is 0 Å². The van der Waals surface area contributed by atoms with E-state index in [1.807, 2.05) is 11.0 Å². The van der Waals surface area contributed by atoms with Crippen LogP contribution >= 0.6 is 0 Å². The molecule has 0 spiro atoms. The molecule has 0 aliphatic carbocycles. The average molecular weight is 335 g/mol. The van der Waals surface area contributed by atoms with Gasteiger partial charge in [0.05, 0.1) is 12.0 Å². The van der Waals surface area contributed by atoms with Crippen molar-refractivity contribution in [1.29, 1.82) is 0 Å². The maximum atomic E-state index is 12.3. The third-order valence-corrected chi connectivity index (χ3v) is 4.82. The fourth-order valence-corrected chi connectivity index (χ4v) is 3.43. The Balaban J connectivity index is 1.36. The molecule has 0 radical (unpaired) electrons. The first-order chi connectivity index (χ1) is 12.3. The van der Waals surface area contributed by atoms with Crippen LogP contribution in [-0.2, 0) is 6.42 Å². The van der Waals surface area contributed by atoms with Gasteiger partial charge in [0.2, 0.25) is 0 Å². The summed E-state index contributed by atoms with van der Waals surface area (Å²) in [6, 6.07) is 16.0. The van der Waals surface area contributed by atoms with Crippen molar-refractivity contribution in [3.63, 3.8) is 0 Å². The van der Waals surface area contributed by atoms with Crippen LogP contribution in [-0.4, -0.2) is 34.1 Å². The molecule has 5 heteroatoms. The number of hydrogen-bond acceptors (Lipinski definition) is 3. The Kier molecular flexibility index (Phi) is 4.37. The van der Waals surface area contributed by atoms with Gasteiger partial charge in [0.15, 0.2) is 5.76 Å². The van der Waals surface area contributed by atoms with Gasteiger partial charge < -0.3 is 9.32 Å². The molecule has 3 heterocycles. The van der Waals surface area contributed by atoms with Crippen LogP contribution in [0.1, 0.15) is 46.3 Å². The first kappa shape index (κ1) is 15.7. The molecule has 0 saturated carbocycles. The number of amides is 1. The monoisotopic (exact) mass is 335 g/mol. The number of furan rings is 1. The van der Waals surface area contributed by atoms with E-state index in [0.717, 1.165) is 43.7 Å². The third-order valence-electron chi connectivity index (χ3n) is 4.82. The molecule has 1 fully saturated rings. The van der Waals surface area contributed by atoms with Crippen molar-refractivity contribution in [1.82, 2.24) is 15.1 Å². The summed E-state index contributed by atoms with van der Waals surface area (Å²) in [6.45, 7) is 1.48. The lowest BCUT2D eigenvalue weighted by atomic mass is 9.93. The normalized spacial score (nSPS) is 15.4. The summed E-state index contributed by atoms with van der Waals surface area (Å²) >= 11 is 0. The number of nitrogens with one attached hydrogen (secondary N) is 1. The zero-order chi connectivity index (χ0) is 17.1. The molecule has 1 saturated heterocycles. The van der Waals surface area contributed by atoms with E-state index in [0.29, 0.717) is 11.7 Å². The van der Waals surface area contributed by atoms with Crippen LogP contribution < -0.4 is 0 Å². The number of aromatic nitrogens is 2. The van der Waals surface area contributed by atoms with Gasteiger partial charge in [-0.25, -0.2) is 0 Å². The Bertz CT molecular complexity index is 816. The van der Waals surface area contributed by atoms with E-state index in [1.54, 1.807) is 12.1 Å². The third kappa shape index (κ3) is 3.50. The highest BCUT2D eigenvalue weighted by atomic mass is 16.3. The summed E-state index contributed by atoms with van der Waals surface area (Å²) in [5, 5.41) is 7.67. The lowest BCUT2D eigenvalue weighted by molar-refractivity contribution is 0.0680. The molecule has 3 aromatic rings. The number of hydrogen-bond donors (Lipinski definition) is 1. The Hall–Kier alpha value is -2.82. The molecule has 0 unspecified atom stereocenters. The number of aromatic amines is 1. The summed E-state index contributed by atoms with van der Waals surface area (Å²) in [6.07, 6.45) is 4.27. The minimum absolute atomic E-state index is 0.0183. The zero-order valence-corrected chi connectivity index (χ0v) is 14.0. The van der Waals surface area contributed by atoms with Gasteiger partial charge in [-0.1, -0.05) is 30.3 Å². The van der Waals surface area contributed by atoms with E-state index in [2.05, 4.69) is 40.5 Å². The molecule has 128 valence electrons. The van der Waals surface area contributed by atoms with Crippen molar-refractivity contribution >= 4 is 5.91 Å². The van der Waals surface area contributed by atoms with E-state index in [9.17, 15) is 4.79 Å². The van der Waals surface area contributed by atoms with Gasteiger partial charge in [0.25, 0.3) is 5.91 Å². The number of carbonyl (C=O) groups is 1. The highest BCUT2D eigenvalue weighted by Crippen LogP contribution is 2.28. The number of piperidine rings is 1. The van der Waals surface area contributed by atoms with Gasteiger partial charge in [-0.05, 0) is 36.6 Å². The van der Waals surface area contributed by atoms with Crippen LogP contribution in [0.15, 0.2) is 59.2 Å². The van der Waals surface area contributed by atoms with Crippen molar-refractivity contribution in [2.24, 2.45) is 0 Å². The van der Waals surface area contributed by atoms with Crippen molar-refractivity contribution in [3.8, 4) is 0 Å². The van der Waals surface area contributed by atoms with E-state index < -0.39 is 0 Å². The molecule has 5 nitrogen and oxygen atoms in total. The average Bonchev–Trinajstić information content (AvgIpc) is 3.34. The number of nitrogens with zero attached hydrogens (tertiary/aromatic N) is 2. The van der Waals surface area contributed by atoms with Crippen molar-refractivity contribution in [3.05, 3.63) is 77.5 Å². The molecule has 4 rings (SSSR count). The maximum Gasteiger partial charge on any atom is 0.289 e. The number of benzene rings is 1. The summed E-state index contributed by atoms with van der Waals surface area (Å²) in [5.41, 5.74) is 3.52. The summed E-state index contributed by atoms with van der Waals surface area (Å²) in [7, 11) is 0. The molecule has 1 amide bonds. The molecule has 1 aromatic carbocycles. The molecular formula is C20H21N3O2. The van der Waals surface area contributed by atoms with Crippen LogP contribution in [0, 0.1) is 0 Å². The van der Waals surface area contributed by atoms with Gasteiger partial charge in [-0.3, -0.25) is 9.89 Å². The number of carbonyl (C=O) groups excluding carboxylic acids is 1. The van der Waals surface area contributed by atoms with E-state index in [1.165, 1.54) is 11.8 Å². The Morgan fingerprint density at radius 1 is 1.16 bits per heavy atom. The van der Waals surface area contributed by atoms with Gasteiger partial charge in [0, 0.05) is 31.1 Å². The highest BCUT2D eigenvalue weighted by Gasteiger charge is 2.27. The molecule has 0 atom stereocenters. The van der Waals surface area contributed by atoms with Crippen molar-refractivity contribution in [2.75, 3.05) is 13.1 Å². The first-order valence-corrected chi connectivity index (χ1v) is 8.70. The minimum Gasteiger partial charge on any atom is -0.459 e. The number of rotatable bonds is 4.